The monoisotopic (exact) mass is 385 g/mol. The predicted octanol–water partition coefficient (Wildman–Crippen LogP) is 4.94. The molecule has 0 bridgehead atoms. The van der Waals surface area contributed by atoms with E-state index in [1.165, 1.54) is 6.08 Å². The minimum absolute atomic E-state index is 0.0593. The van der Waals surface area contributed by atoms with Crippen LogP contribution in [0.1, 0.15) is 34.0 Å². The van der Waals surface area contributed by atoms with Crippen molar-refractivity contribution in [3.05, 3.63) is 46.0 Å². The maximum absolute atomic E-state index is 14.2. The molecule has 1 aromatic rings. The lowest BCUT2D eigenvalue weighted by Crippen LogP contribution is -2.50. The minimum Gasteiger partial charge on any atom is -0.316 e. The first-order chi connectivity index (χ1) is 11.7. The first-order valence-electron chi connectivity index (χ1n) is 7.47. The molecule has 0 amide bonds. The molecule has 1 aromatic carbocycles. The predicted molar refractivity (Wildman–Crippen MR) is 82.8 cm³/mol. The van der Waals surface area contributed by atoms with Crippen LogP contribution in [-0.4, -0.2) is 31.7 Å². The lowest BCUT2D eigenvalue weighted by Gasteiger charge is -2.31. The molecule has 0 heterocycles. The van der Waals surface area contributed by atoms with Crippen molar-refractivity contribution in [3.8, 4) is 0 Å². The van der Waals surface area contributed by atoms with E-state index in [9.17, 15) is 35.5 Å². The Kier molecular flexibility index (Phi) is 6.28. The number of alkyl halides is 7. The van der Waals surface area contributed by atoms with Crippen LogP contribution in [0.25, 0.3) is 0 Å². The van der Waals surface area contributed by atoms with Crippen LogP contribution < -0.4 is 5.32 Å². The van der Waals surface area contributed by atoms with Gasteiger partial charge in [-0.15, -0.1) is 0 Å². The standard InChI is InChI=1S/C17H18F7NO/c1-9(8-25-4)5-13(26)14-10(2)6-12(7-11(14)3)15(18,16(19,20)21)17(22,23)24/h5-7,25H,8H2,1-4H3/b9-5-. The van der Waals surface area contributed by atoms with Gasteiger partial charge in [0.25, 0.3) is 0 Å². The van der Waals surface area contributed by atoms with Gasteiger partial charge < -0.3 is 5.32 Å². The van der Waals surface area contributed by atoms with Crippen molar-refractivity contribution < 1.29 is 35.5 Å². The molecule has 0 saturated heterocycles. The third-order valence-electron chi connectivity index (χ3n) is 3.79. The normalized spacial score (nSPS) is 13.9. The molecule has 9 heteroatoms. The van der Waals surface area contributed by atoms with Crippen LogP contribution in [0.3, 0.4) is 0 Å². The number of allylic oxidation sites excluding steroid dienone is 1. The molecule has 0 saturated carbocycles. The Morgan fingerprint density at radius 1 is 1.00 bits per heavy atom. The molecule has 0 atom stereocenters. The van der Waals surface area contributed by atoms with Gasteiger partial charge in [-0.05, 0) is 45.0 Å². The second kappa shape index (κ2) is 7.38. The summed E-state index contributed by atoms with van der Waals surface area (Å²) in [5.74, 6) is -0.581. The summed E-state index contributed by atoms with van der Waals surface area (Å²) >= 11 is 0. The zero-order valence-electron chi connectivity index (χ0n) is 14.5. The molecule has 1 rings (SSSR count). The van der Waals surface area contributed by atoms with E-state index in [0.29, 0.717) is 24.3 Å². The fraction of sp³-hybridized carbons (Fsp3) is 0.471. The van der Waals surface area contributed by atoms with E-state index in [1.807, 2.05) is 0 Å². The molecule has 0 spiro atoms. The van der Waals surface area contributed by atoms with E-state index in [0.717, 1.165) is 13.8 Å². The summed E-state index contributed by atoms with van der Waals surface area (Å²) < 4.78 is 91.5. The van der Waals surface area contributed by atoms with Gasteiger partial charge in [-0.2, -0.15) is 26.3 Å². The Morgan fingerprint density at radius 2 is 1.42 bits per heavy atom. The molecular formula is C17H18F7NO. The van der Waals surface area contributed by atoms with Gasteiger partial charge in [-0.3, -0.25) is 4.79 Å². The molecule has 0 aromatic heterocycles. The number of halogens is 7. The van der Waals surface area contributed by atoms with E-state index in [2.05, 4.69) is 5.32 Å². The lowest BCUT2D eigenvalue weighted by molar-refractivity contribution is -0.348. The Morgan fingerprint density at radius 3 is 1.77 bits per heavy atom. The average Bonchev–Trinajstić information content (AvgIpc) is 2.43. The molecule has 0 unspecified atom stereocenters. The quantitative estimate of drug-likeness (QED) is 0.442. The van der Waals surface area contributed by atoms with E-state index in [-0.39, 0.29) is 16.7 Å². The molecular weight excluding hydrogens is 367 g/mol. The highest BCUT2D eigenvalue weighted by atomic mass is 19.4. The molecule has 0 aliphatic heterocycles. The van der Waals surface area contributed by atoms with Crippen LogP contribution in [0.5, 0.6) is 0 Å². The van der Waals surface area contributed by atoms with E-state index >= 15 is 0 Å². The maximum atomic E-state index is 14.2. The van der Waals surface area contributed by atoms with E-state index in [4.69, 9.17) is 0 Å². The summed E-state index contributed by atoms with van der Waals surface area (Å²) in [5, 5.41) is 2.80. The molecule has 0 fully saturated rings. The van der Waals surface area contributed by atoms with Gasteiger partial charge >= 0.3 is 18.0 Å². The molecule has 1 N–H and O–H groups in total. The number of likely N-dealkylation sites (N-methyl/N-ethyl adjacent to an activating group) is 1. The fourth-order valence-corrected chi connectivity index (χ4v) is 2.66. The number of benzene rings is 1. The van der Waals surface area contributed by atoms with Gasteiger partial charge in [-0.25, -0.2) is 4.39 Å². The number of rotatable bonds is 5. The van der Waals surface area contributed by atoms with Crippen molar-refractivity contribution in [2.45, 2.75) is 38.8 Å². The molecule has 146 valence electrons. The van der Waals surface area contributed by atoms with Gasteiger partial charge in [0.15, 0.2) is 5.78 Å². The second-order valence-electron chi connectivity index (χ2n) is 6.02. The first-order valence-corrected chi connectivity index (χ1v) is 7.47. The number of aryl methyl sites for hydroxylation is 2. The lowest BCUT2D eigenvalue weighted by atomic mass is 9.87. The third kappa shape index (κ3) is 4.08. The highest BCUT2D eigenvalue weighted by Crippen LogP contribution is 2.53. The van der Waals surface area contributed by atoms with Crippen LogP contribution >= 0.6 is 0 Å². The highest BCUT2D eigenvalue weighted by Gasteiger charge is 2.73. The van der Waals surface area contributed by atoms with Crippen LogP contribution in [0.4, 0.5) is 30.7 Å². The van der Waals surface area contributed by atoms with Gasteiger partial charge in [0.1, 0.15) is 0 Å². The molecule has 0 aliphatic rings. The van der Waals surface area contributed by atoms with Crippen molar-refractivity contribution in [1.82, 2.24) is 5.32 Å². The Hall–Kier alpha value is -1.90. The molecule has 0 aliphatic carbocycles. The Balaban J connectivity index is 3.54. The minimum atomic E-state index is -6.20. The van der Waals surface area contributed by atoms with Crippen LogP contribution in [0.2, 0.25) is 0 Å². The number of nitrogens with one attached hydrogen (secondary N) is 1. The topological polar surface area (TPSA) is 29.1 Å². The SMILES string of the molecule is CNC/C(C)=C\C(=O)c1c(C)cc(C(F)(C(F)(F)F)C(F)(F)F)cc1C. The average molecular weight is 385 g/mol. The number of carbonyl (C=O) groups excluding carboxylic acids is 1. The summed E-state index contributed by atoms with van der Waals surface area (Å²) in [6, 6.07) is 0.838. The number of hydrogen-bond acceptors (Lipinski definition) is 2. The summed E-state index contributed by atoms with van der Waals surface area (Å²) in [5.41, 5.74) is -6.90. The van der Waals surface area contributed by atoms with Crippen molar-refractivity contribution in [2.75, 3.05) is 13.6 Å². The van der Waals surface area contributed by atoms with Gasteiger partial charge in [0.2, 0.25) is 0 Å². The Bertz CT molecular complexity index is 680. The number of carbonyl (C=O) groups is 1. The molecule has 2 nitrogen and oxygen atoms in total. The fourth-order valence-electron chi connectivity index (χ4n) is 2.66. The summed E-state index contributed by atoms with van der Waals surface area (Å²) in [6.07, 6.45) is -11.2. The van der Waals surface area contributed by atoms with Crippen molar-refractivity contribution >= 4 is 5.78 Å². The summed E-state index contributed by atoms with van der Waals surface area (Å²) in [6.45, 7) is 4.33. The van der Waals surface area contributed by atoms with Gasteiger partial charge in [-0.1, -0.05) is 17.7 Å². The smallest absolute Gasteiger partial charge is 0.316 e. The van der Waals surface area contributed by atoms with Crippen molar-refractivity contribution in [1.29, 1.82) is 0 Å². The summed E-state index contributed by atoms with van der Waals surface area (Å²) in [4.78, 5) is 12.3. The number of ketones is 1. The van der Waals surface area contributed by atoms with Crippen molar-refractivity contribution in [3.63, 3.8) is 0 Å². The van der Waals surface area contributed by atoms with Crippen LogP contribution in [0, 0.1) is 13.8 Å². The Labute approximate surface area is 146 Å². The van der Waals surface area contributed by atoms with Crippen molar-refractivity contribution in [2.24, 2.45) is 0 Å². The highest BCUT2D eigenvalue weighted by molar-refractivity contribution is 6.07. The zero-order chi connectivity index (χ0) is 20.5. The largest absolute Gasteiger partial charge is 0.435 e. The van der Waals surface area contributed by atoms with Crippen LogP contribution in [0.15, 0.2) is 23.8 Å². The molecule has 26 heavy (non-hydrogen) atoms. The summed E-state index contributed by atoms with van der Waals surface area (Å²) in [7, 11) is 1.64. The van der Waals surface area contributed by atoms with Crippen LogP contribution in [-0.2, 0) is 5.67 Å². The third-order valence-corrected chi connectivity index (χ3v) is 3.79. The first kappa shape index (κ1) is 22.1. The zero-order valence-corrected chi connectivity index (χ0v) is 14.5. The second-order valence-corrected chi connectivity index (χ2v) is 6.02. The van der Waals surface area contributed by atoms with Gasteiger partial charge in [0, 0.05) is 17.7 Å². The van der Waals surface area contributed by atoms with Gasteiger partial charge in [0.05, 0.1) is 0 Å². The molecule has 0 radical (unpaired) electrons. The van der Waals surface area contributed by atoms with E-state index in [1.54, 1.807) is 14.0 Å². The maximum Gasteiger partial charge on any atom is 0.435 e. The number of hydrogen-bond donors (Lipinski definition) is 1. The van der Waals surface area contributed by atoms with E-state index < -0.39 is 29.4 Å².